The molecule has 0 aliphatic heterocycles. The van der Waals surface area contributed by atoms with Crippen LogP contribution < -0.4 is 10.1 Å². The summed E-state index contributed by atoms with van der Waals surface area (Å²) in [5.74, 6) is 0.888. The van der Waals surface area contributed by atoms with Crippen molar-refractivity contribution in [1.82, 2.24) is 14.9 Å². The quantitative estimate of drug-likeness (QED) is 0.835. The lowest BCUT2D eigenvalue weighted by atomic mass is 10.3. The molecule has 1 heterocycles. The first kappa shape index (κ1) is 14.3. The van der Waals surface area contributed by atoms with Gasteiger partial charge in [0.15, 0.2) is 0 Å². The zero-order valence-electron chi connectivity index (χ0n) is 11.9. The van der Waals surface area contributed by atoms with Crippen LogP contribution in [-0.2, 0) is 6.54 Å². The predicted molar refractivity (Wildman–Crippen MR) is 79.8 cm³/mol. The molecule has 2 aromatic rings. The van der Waals surface area contributed by atoms with Crippen molar-refractivity contribution in [1.29, 1.82) is 0 Å². The molecule has 0 unspecified atom stereocenters. The number of ether oxygens (including phenoxy) is 1. The molecule has 0 aliphatic rings. The Morgan fingerprint density at radius 2 is 1.95 bits per heavy atom. The fourth-order valence-electron chi connectivity index (χ4n) is 1.63. The van der Waals surface area contributed by atoms with E-state index in [2.05, 4.69) is 20.2 Å². The Labute approximate surface area is 119 Å². The number of nitrogens with one attached hydrogen (secondary N) is 1. The van der Waals surface area contributed by atoms with Gasteiger partial charge in [0.1, 0.15) is 18.7 Å². The molecule has 0 radical (unpaired) electrons. The summed E-state index contributed by atoms with van der Waals surface area (Å²) < 4.78 is 5.64. The molecule has 0 bridgehead atoms. The molecule has 1 N–H and O–H groups in total. The average Bonchev–Trinajstić information content (AvgIpc) is 2.47. The normalized spacial score (nSPS) is 10.6. The van der Waals surface area contributed by atoms with Crippen LogP contribution in [0.5, 0.6) is 5.75 Å². The maximum atomic E-state index is 5.64. The maximum Gasteiger partial charge on any atom is 0.119 e. The number of hydrogen-bond acceptors (Lipinski definition) is 5. The van der Waals surface area contributed by atoms with Gasteiger partial charge in [0.25, 0.3) is 0 Å². The minimum Gasteiger partial charge on any atom is -0.492 e. The summed E-state index contributed by atoms with van der Waals surface area (Å²) in [5, 5.41) is 3.31. The van der Waals surface area contributed by atoms with Crippen LogP contribution >= 0.6 is 0 Å². The molecule has 0 aliphatic carbocycles. The molecular formula is C15H20N4O. The van der Waals surface area contributed by atoms with E-state index in [1.165, 1.54) is 0 Å². The zero-order chi connectivity index (χ0) is 14.2. The molecule has 1 aromatic carbocycles. The molecule has 106 valence electrons. The van der Waals surface area contributed by atoms with Crippen LogP contribution in [0.2, 0.25) is 0 Å². The van der Waals surface area contributed by atoms with Gasteiger partial charge in [-0.2, -0.15) is 0 Å². The highest BCUT2D eigenvalue weighted by molar-refractivity contribution is 5.46. The van der Waals surface area contributed by atoms with Gasteiger partial charge in [0.05, 0.1) is 12.2 Å². The van der Waals surface area contributed by atoms with Crippen molar-refractivity contribution in [2.24, 2.45) is 0 Å². The van der Waals surface area contributed by atoms with E-state index < -0.39 is 0 Å². The number of hydrogen-bond donors (Lipinski definition) is 1. The first-order chi connectivity index (χ1) is 9.74. The van der Waals surface area contributed by atoms with Crippen molar-refractivity contribution >= 4 is 5.69 Å². The minimum atomic E-state index is 0.684. The lowest BCUT2D eigenvalue weighted by Crippen LogP contribution is -2.19. The van der Waals surface area contributed by atoms with E-state index in [0.29, 0.717) is 13.2 Å². The van der Waals surface area contributed by atoms with Gasteiger partial charge in [-0.1, -0.05) is 0 Å². The Hall–Kier alpha value is -2.14. The topological polar surface area (TPSA) is 50.3 Å². The third-order valence-electron chi connectivity index (χ3n) is 2.78. The molecule has 0 saturated carbocycles. The van der Waals surface area contributed by atoms with E-state index in [1.807, 2.05) is 44.4 Å². The molecule has 5 heteroatoms. The first-order valence-electron chi connectivity index (χ1n) is 6.60. The Kier molecular flexibility index (Phi) is 5.32. The zero-order valence-corrected chi connectivity index (χ0v) is 11.9. The van der Waals surface area contributed by atoms with Gasteiger partial charge in [-0.05, 0) is 44.4 Å². The smallest absolute Gasteiger partial charge is 0.119 e. The van der Waals surface area contributed by atoms with Gasteiger partial charge in [-0.15, -0.1) is 0 Å². The van der Waals surface area contributed by atoms with Crippen LogP contribution in [0.4, 0.5) is 5.69 Å². The summed E-state index contributed by atoms with van der Waals surface area (Å²) in [4.78, 5) is 10.2. The summed E-state index contributed by atoms with van der Waals surface area (Å²) in [7, 11) is 4.06. The van der Waals surface area contributed by atoms with Gasteiger partial charge in [-0.3, -0.25) is 0 Å². The SMILES string of the molecule is CN(C)CCOc1ccc(NCc2ccncn2)cc1. The summed E-state index contributed by atoms with van der Waals surface area (Å²) in [6.07, 6.45) is 3.30. The number of nitrogens with zero attached hydrogens (tertiary/aromatic N) is 3. The van der Waals surface area contributed by atoms with Crippen molar-refractivity contribution in [3.05, 3.63) is 48.5 Å². The molecule has 0 amide bonds. The standard InChI is InChI=1S/C15H20N4O/c1-19(2)9-10-20-15-5-3-13(4-6-15)17-11-14-7-8-16-12-18-14/h3-8,12,17H,9-11H2,1-2H3. The Bertz CT molecular complexity index is 499. The number of anilines is 1. The Morgan fingerprint density at radius 1 is 1.15 bits per heavy atom. The second kappa shape index (κ2) is 7.45. The number of likely N-dealkylation sites (N-methyl/N-ethyl adjacent to an activating group) is 1. The van der Waals surface area contributed by atoms with Crippen LogP contribution in [0.3, 0.4) is 0 Å². The van der Waals surface area contributed by atoms with Crippen molar-refractivity contribution in [2.75, 3.05) is 32.6 Å². The summed E-state index contributed by atoms with van der Waals surface area (Å²) in [6.45, 7) is 2.29. The highest BCUT2D eigenvalue weighted by Crippen LogP contribution is 2.16. The lowest BCUT2D eigenvalue weighted by molar-refractivity contribution is 0.261. The van der Waals surface area contributed by atoms with E-state index in [-0.39, 0.29) is 0 Å². The number of aromatic nitrogens is 2. The van der Waals surface area contributed by atoms with Crippen molar-refractivity contribution in [3.8, 4) is 5.75 Å². The van der Waals surface area contributed by atoms with Gasteiger partial charge in [-0.25, -0.2) is 9.97 Å². The van der Waals surface area contributed by atoms with E-state index >= 15 is 0 Å². The van der Waals surface area contributed by atoms with Gasteiger partial charge < -0.3 is 15.0 Å². The number of benzene rings is 1. The Morgan fingerprint density at radius 3 is 2.60 bits per heavy atom. The highest BCUT2D eigenvalue weighted by atomic mass is 16.5. The second-order valence-electron chi connectivity index (χ2n) is 4.73. The molecule has 0 saturated heterocycles. The fraction of sp³-hybridized carbons (Fsp3) is 0.333. The second-order valence-corrected chi connectivity index (χ2v) is 4.73. The molecule has 2 rings (SSSR count). The van der Waals surface area contributed by atoms with Crippen molar-refractivity contribution < 1.29 is 4.74 Å². The third kappa shape index (κ3) is 4.85. The number of rotatable bonds is 7. The van der Waals surface area contributed by atoms with Crippen molar-refractivity contribution in [3.63, 3.8) is 0 Å². The largest absolute Gasteiger partial charge is 0.492 e. The fourth-order valence-corrected chi connectivity index (χ4v) is 1.63. The van der Waals surface area contributed by atoms with Gasteiger partial charge in [0, 0.05) is 18.4 Å². The lowest BCUT2D eigenvalue weighted by Gasteiger charge is -2.11. The van der Waals surface area contributed by atoms with Gasteiger partial charge >= 0.3 is 0 Å². The molecule has 5 nitrogen and oxygen atoms in total. The molecule has 1 aromatic heterocycles. The van der Waals surface area contributed by atoms with E-state index in [1.54, 1.807) is 12.5 Å². The summed E-state index contributed by atoms with van der Waals surface area (Å²) in [5.41, 5.74) is 2.01. The predicted octanol–water partition coefficient (Wildman–Crippen LogP) is 2.03. The van der Waals surface area contributed by atoms with Crippen LogP contribution in [0.1, 0.15) is 5.69 Å². The maximum absolute atomic E-state index is 5.64. The minimum absolute atomic E-state index is 0.684. The third-order valence-corrected chi connectivity index (χ3v) is 2.78. The molecular weight excluding hydrogens is 252 g/mol. The molecule has 0 spiro atoms. The van der Waals surface area contributed by atoms with Crippen molar-refractivity contribution in [2.45, 2.75) is 6.54 Å². The van der Waals surface area contributed by atoms with E-state index in [0.717, 1.165) is 23.7 Å². The molecule has 20 heavy (non-hydrogen) atoms. The first-order valence-corrected chi connectivity index (χ1v) is 6.60. The molecule has 0 atom stereocenters. The van der Waals surface area contributed by atoms with Gasteiger partial charge in [0.2, 0.25) is 0 Å². The average molecular weight is 272 g/mol. The van der Waals surface area contributed by atoms with Crippen LogP contribution in [0.25, 0.3) is 0 Å². The summed E-state index contributed by atoms with van der Waals surface area (Å²) >= 11 is 0. The van der Waals surface area contributed by atoms with E-state index in [9.17, 15) is 0 Å². The highest BCUT2D eigenvalue weighted by Gasteiger charge is 1.97. The Balaban J connectivity index is 1.79. The van der Waals surface area contributed by atoms with E-state index in [4.69, 9.17) is 4.74 Å². The van der Waals surface area contributed by atoms with Crippen LogP contribution in [0.15, 0.2) is 42.9 Å². The summed E-state index contributed by atoms with van der Waals surface area (Å²) in [6, 6.07) is 9.85. The van der Waals surface area contributed by atoms with Crippen LogP contribution in [0, 0.1) is 0 Å². The molecule has 0 fully saturated rings. The van der Waals surface area contributed by atoms with Crippen LogP contribution in [-0.4, -0.2) is 42.1 Å². The monoisotopic (exact) mass is 272 g/mol.